The number of rotatable bonds is 4. The van der Waals surface area contributed by atoms with E-state index in [-0.39, 0.29) is 23.3 Å². The minimum absolute atomic E-state index is 0.0404. The van der Waals surface area contributed by atoms with E-state index in [1.54, 1.807) is 27.3 Å². The van der Waals surface area contributed by atoms with Crippen LogP contribution in [0.5, 0.6) is 0 Å². The van der Waals surface area contributed by atoms with Crippen LogP contribution >= 0.6 is 0 Å². The molecule has 2 aliphatic carbocycles. The number of carbonyl (C=O) groups is 1. The average Bonchev–Trinajstić information content (AvgIpc) is 3.04. The van der Waals surface area contributed by atoms with Crippen molar-refractivity contribution in [2.75, 3.05) is 14.2 Å². The number of ether oxygens (including phenoxy) is 1. The van der Waals surface area contributed by atoms with Gasteiger partial charge in [0.05, 0.1) is 6.10 Å². The highest BCUT2D eigenvalue weighted by Gasteiger charge is 2.61. The van der Waals surface area contributed by atoms with Crippen molar-refractivity contribution >= 4 is 11.7 Å². The maximum atomic E-state index is 13.4. The van der Waals surface area contributed by atoms with Crippen LogP contribution < -0.4 is 11.1 Å². The molecule has 0 amide bonds. The zero-order chi connectivity index (χ0) is 21.4. The second-order valence-corrected chi connectivity index (χ2v) is 8.52. The second kappa shape index (κ2) is 7.84. The molecule has 0 radical (unpaired) electrons. The molecule has 1 unspecified atom stereocenters. The van der Waals surface area contributed by atoms with Gasteiger partial charge in [-0.05, 0) is 73.4 Å². The number of nitrogens with one attached hydrogen (secondary N) is 1. The molecule has 1 aromatic heterocycles. The van der Waals surface area contributed by atoms with Gasteiger partial charge in [-0.3, -0.25) is 9.78 Å². The molecule has 1 aromatic carbocycles. The van der Waals surface area contributed by atoms with Gasteiger partial charge in [-0.25, -0.2) is 4.99 Å². The van der Waals surface area contributed by atoms with Gasteiger partial charge in [0.2, 0.25) is 0 Å². The van der Waals surface area contributed by atoms with Gasteiger partial charge in [-0.2, -0.15) is 0 Å². The van der Waals surface area contributed by atoms with E-state index in [0.717, 1.165) is 48.8 Å². The number of nitrogens with zero attached hydrogens (tertiary/aromatic N) is 2. The standard InChI is InChI=1S/C24H30N4O2/c1-16(29)24(28-22(25)26-2)21-13-17(19-5-4-12-27-15-19)6-7-18(21)14-23(24)10-8-20(30-3)9-11-23/h4-7,12-13,15,20H,8-11,14H2,1-3H3,(H3,25,26,28). The summed E-state index contributed by atoms with van der Waals surface area (Å²) in [5.74, 6) is 0.330. The summed E-state index contributed by atoms with van der Waals surface area (Å²) in [5.41, 5.74) is 9.11. The molecular formula is C24H30N4O2. The third kappa shape index (κ3) is 3.10. The van der Waals surface area contributed by atoms with E-state index < -0.39 is 5.54 Å². The number of ketones is 1. The monoisotopic (exact) mass is 406 g/mol. The van der Waals surface area contributed by atoms with Crippen molar-refractivity contribution in [3.8, 4) is 11.1 Å². The Kier molecular flexibility index (Phi) is 5.36. The third-order valence-corrected chi connectivity index (χ3v) is 7.07. The zero-order valence-corrected chi connectivity index (χ0v) is 17.9. The first-order chi connectivity index (χ1) is 14.5. The number of aromatic nitrogens is 1. The largest absolute Gasteiger partial charge is 0.381 e. The van der Waals surface area contributed by atoms with Crippen molar-refractivity contribution in [1.82, 2.24) is 10.3 Å². The first-order valence-electron chi connectivity index (χ1n) is 10.6. The summed E-state index contributed by atoms with van der Waals surface area (Å²) in [6.07, 6.45) is 8.26. The number of hydrogen-bond acceptors (Lipinski definition) is 4. The topological polar surface area (TPSA) is 89.6 Å². The predicted molar refractivity (Wildman–Crippen MR) is 118 cm³/mol. The van der Waals surface area contributed by atoms with Gasteiger partial charge >= 0.3 is 0 Å². The lowest BCUT2D eigenvalue weighted by Gasteiger charge is -2.46. The van der Waals surface area contributed by atoms with Gasteiger partial charge in [0, 0.05) is 32.0 Å². The molecule has 4 rings (SSSR count). The number of hydrogen-bond donors (Lipinski definition) is 2. The molecule has 1 spiro atoms. The Labute approximate surface area is 178 Å². The molecule has 3 N–H and O–H groups in total. The van der Waals surface area contributed by atoms with Crippen molar-refractivity contribution in [3.05, 3.63) is 53.9 Å². The highest BCUT2D eigenvalue weighted by atomic mass is 16.5. The van der Waals surface area contributed by atoms with Crippen LogP contribution in [0.3, 0.4) is 0 Å². The van der Waals surface area contributed by atoms with Crippen molar-refractivity contribution in [2.24, 2.45) is 16.1 Å². The summed E-state index contributed by atoms with van der Waals surface area (Å²) in [7, 11) is 3.50. The molecule has 30 heavy (non-hydrogen) atoms. The average molecular weight is 407 g/mol. The highest BCUT2D eigenvalue weighted by molar-refractivity contribution is 5.94. The molecule has 1 heterocycles. The van der Waals surface area contributed by atoms with E-state index in [1.807, 2.05) is 18.3 Å². The molecule has 0 saturated heterocycles. The molecule has 2 aliphatic rings. The van der Waals surface area contributed by atoms with E-state index in [2.05, 4.69) is 28.5 Å². The second-order valence-electron chi connectivity index (χ2n) is 8.52. The third-order valence-electron chi connectivity index (χ3n) is 7.07. The molecule has 1 atom stereocenters. The molecule has 0 bridgehead atoms. The maximum absolute atomic E-state index is 13.4. The Morgan fingerprint density at radius 1 is 1.27 bits per heavy atom. The molecule has 6 heteroatoms. The molecule has 1 fully saturated rings. The quantitative estimate of drug-likeness (QED) is 0.601. The molecule has 2 aromatic rings. The number of pyridine rings is 1. The van der Waals surface area contributed by atoms with Crippen molar-refractivity contribution in [2.45, 2.75) is 50.7 Å². The summed E-state index contributed by atoms with van der Waals surface area (Å²) in [5, 5.41) is 2.93. The Morgan fingerprint density at radius 3 is 2.63 bits per heavy atom. The fourth-order valence-corrected chi connectivity index (χ4v) is 5.53. The molecule has 158 valence electrons. The number of guanidine groups is 1. The van der Waals surface area contributed by atoms with E-state index >= 15 is 0 Å². The van der Waals surface area contributed by atoms with Gasteiger partial charge < -0.3 is 15.8 Å². The number of methoxy groups -OCH3 is 1. The van der Waals surface area contributed by atoms with Gasteiger partial charge in [0.15, 0.2) is 17.3 Å². The van der Waals surface area contributed by atoms with Gasteiger partial charge in [-0.1, -0.05) is 18.2 Å². The SMILES string of the molecule is CN/C(N)=N\C1(C(C)=O)c2cc(-c3cccnc3)ccc2CC12CCC(OC)CC2. The van der Waals surface area contributed by atoms with E-state index in [1.165, 1.54) is 5.56 Å². The van der Waals surface area contributed by atoms with E-state index in [9.17, 15) is 4.79 Å². The Bertz CT molecular complexity index is 964. The summed E-state index contributed by atoms with van der Waals surface area (Å²) < 4.78 is 5.61. The number of aliphatic imine (C=N–C) groups is 1. The highest BCUT2D eigenvalue weighted by Crippen LogP contribution is 2.60. The summed E-state index contributed by atoms with van der Waals surface area (Å²) in [4.78, 5) is 22.6. The van der Waals surface area contributed by atoms with Crippen molar-refractivity contribution in [3.63, 3.8) is 0 Å². The van der Waals surface area contributed by atoms with Crippen LogP contribution in [0.25, 0.3) is 11.1 Å². The lowest BCUT2D eigenvalue weighted by molar-refractivity contribution is -0.129. The van der Waals surface area contributed by atoms with Crippen LogP contribution in [0.2, 0.25) is 0 Å². The lowest BCUT2D eigenvalue weighted by Crippen LogP contribution is -2.51. The van der Waals surface area contributed by atoms with E-state index in [4.69, 9.17) is 15.5 Å². The predicted octanol–water partition coefficient (Wildman–Crippen LogP) is 3.20. The Morgan fingerprint density at radius 2 is 2.03 bits per heavy atom. The summed E-state index contributed by atoms with van der Waals surface area (Å²) >= 11 is 0. The number of nitrogens with two attached hydrogens (primary N) is 1. The fraction of sp³-hybridized carbons (Fsp3) is 0.458. The van der Waals surface area contributed by atoms with E-state index in [0.29, 0.717) is 0 Å². The lowest BCUT2D eigenvalue weighted by atomic mass is 9.60. The molecule has 1 saturated carbocycles. The Balaban J connectivity index is 1.91. The van der Waals surface area contributed by atoms with Crippen LogP contribution in [-0.4, -0.2) is 37.0 Å². The number of fused-ring (bicyclic) bond motifs is 1. The minimum atomic E-state index is -0.994. The summed E-state index contributed by atoms with van der Waals surface area (Å²) in [6, 6.07) is 10.3. The number of carbonyl (C=O) groups excluding carboxylic acids is 1. The van der Waals surface area contributed by atoms with Crippen molar-refractivity contribution in [1.29, 1.82) is 0 Å². The first-order valence-corrected chi connectivity index (χ1v) is 10.6. The van der Waals surface area contributed by atoms with Crippen LogP contribution in [-0.2, 0) is 21.5 Å². The molecular weight excluding hydrogens is 376 g/mol. The van der Waals surface area contributed by atoms with Crippen LogP contribution in [0, 0.1) is 5.41 Å². The maximum Gasteiger partial charge on any atom is 0.189 e. The number of Topliss-reactive ketones (excluding diaryl/α,β-unsaturated/α-hetero) is 1. The summed E-state index contributed by atoms with van der Waals surface area (Å²) in [6.45, 7) is 1.66. The number of benzene rings is 1. The molecule has 0 aliphatic heterocycles. The van der Waals surface area contributed by atoms with Crippen LogP contribution in [0.15, 0.2) is 47.7 Å². The Hall–Kier alpha value is -2.73. The normalized spacial score (nSPS) is 28.4. The minimum Gasteiger partial charge on any atom is -0.381 e. The first kappa shape index (κ1) is 20.5. The van der Waals surface area contributed by atoms with Crippen LogP contribution in [0.1, 0.15) is 43.7 Å². The van der Waals surface area contributed by atoms with Gasteiger partial charge in [0.1, 0.15) is 0 Å². The van der Waals surface area contributed by atoms with Crippen molar-refractivity contribution < 1.29 is 9.53 Å². The van der Waals surface area contributed by atoms with Crippen LogP contribution in [0.4, 0.5) is 0 Å². The van der Waals surface area contributed by atoms with Gasteiger partial charge in [0.25, 0.3) is 0 Å². The van der Waals surface area contributed by atoms with Gasteiger partial charge in [-0.15, -0.1) is 0 Å². The fourth-order valence-electron chi connectivity index (χ4n) is 5.53. The zero-order valence-electron chi connectivity index (χ0n) is 17.9. The molecule has 6 nitrogen and oxygen atoms in total. The smallest absolute Gasteiger partial charge is 0.189 e.